The molecule has 0 aliphatic rings. The lowest BCUT2D eigenvalue weighted by Gasteiger charge is -2.17. The molecule has 19 heavy (non-hydrogen) atoms. The van der Waals surface area contributed by atoms with Gasteiger partial charge in [-0.15, -0.1) is 11.3 Å². The van der Waals surface area contributed by atoms with Crippen LogP contribution < -0.4 is 5.32 Å². The van der Waals surface area contributed by atoms with Crippen LogP contribution in [0, 0.1) is 0 Å². The van der Waals surface area contributed by atoms with Gasteiger partial charge in [-0.3, -0.25) is 4.79 Å². The molecule has 1 heterocycles. The number of carbonyl (C=O) groups excluding carboxylic acids is 1. The molecular formula is C11H17BrN2O3S2. The van der Waals surface area contributed by atoms with Crippen LogP contribution in [0.15, 0.2) is 15.2 Å². The molecule has 0 saturated carbocycles. The lowest BCUT2D eigenvalue weighted by molar-refractivity contribution is 0.0953. The van der Waals surface area contributed by atoms with Crippen LogP contribution in [-0.2, 0) is 10.0 Å². The van der Waals surface area contributed by atoms with E-state index in [0.29, 0.717) is 31.6 Å². The molecule has 0 aliphatic heterocycles. The van der Waals surface area contributed by atoms with Crippen molar-refractivity contribution in [1.82, 2.24) is 9.62 Å². The Hall–Kier alpha value is -0.440. The first-order chi connectivity index (χ1) is 8.84. The molecule has 0 fully saturated rings. The van der Waals surface area contributed by atoms with Gasteiger partial charge in [0.05, 0.1) is 15.6 Å². The Bertz CT molecular complexity index is 528. The maximum absolute atomic E-state index is 11.7. The van der Waals surface area contributed by atoms with Crippen LogP contribution in [0.5, 0.6) is 0 Å². The second-order valence-electron chi connectivity index (χ2n) is 4.00. The molecule has 1 rings (SSSR count). The van der Waals surface area contributed by atoms with E-state index in [4.69, 9.17) is 0 Å². The summed E-state index contributed by atoms with van der Waals surface area (Å²) in [5, 5.41) is 4.54. The Morgan fingerprint density at radius 2 is 2.21 bits per heavy atom. The van der Waals surface area contributed by atoms with E-state index in [1.165, 1.54) is 21.9 Å². The Morgan fingerprint density at radius 3 is 2.68 bits per heavy atom. The molecule has 0 saturated heterocycles. The third kappa shape index (κ3) is 5.60. The lowest BCUT2D eigenvalue weighted by atomic mass is 10.3. The smallest absolute Gasteiger partial charge is 0.252 e. The standard InChI is InChI=1S/C11H17BrN2O3S2/c1-3-14(19(2,16)17)6-4-5-13-11(15)9-7-10(12)18-8-9/h7-8H,3-6H2,1-2H3,(H,13,15). The average Bonchev–Trinajstić information content (AvgIpc) is 2.74. The highest BCUT2D eigenvalue weighted by molar-refractivity contribution is 9.11. The molecule has 1 N–H and O–H groups in total. The van der Waals surface area contributed by atoms with E-state index < -0.39 is 10.0 Å². The zero-order valence-electron chi connectivity index (χ0n) is 10.8. The van der Waals surface area contributed by atoms with Crippen LogP contribution in [0.3, 0.4) is 0 Å². The van der Waals surface area contributed by atoms with Crippen LogP contribution in [0.1, 0.15) is 23.7 Å². The van der Waals surface area contributed by atoms with Crippen molar-refractivity contribution in [2.75, 3.05) is 25.9 Å². The first-order valence-corrected chi connectivity index (χ1v) is 9.34. The molecule has 1 aromatic heterocycles. The summed E-state index contributed by atoms with van der Waals surface area (Å²) in [6, 6.07) is 1.76. The zero-order chi connectivity index (χ0) is 14.5. The van der Waals surface area contributed by atoms with E-state index in [1.54, 1.807) is 18.4 Å². The highest BCUT2D eigenvalue weighted by Gasteiger charge is 2.13. The molecule has 1 amide bonds. The largest absolute Gasteiger partial charge is 0.352 e. The fourth-order valence-electron chi connectivity index (χ4n) is 1.55. The average molecular weight is 369 g/mol. The van der Waals surface area contributed by atoms with Crippen molar-refractivity contribution in [1.29, 1.82) is 0 Å². The molecule has 0 unspecified atom stereocenters. The van der Waals surface area contributed by atoms with Gasteiger partial charge >= 0.3 is 0 Å². The Kier molecular flexibility index (Phi) is 6.45. The van der Waals surface area contributed by atoms with Gasteiger partial charge < -0.3 is 5.32 Å². The van der Waals surface area contributed by atoms with Gasteiger partial charge in [-0.05, 0) is 28.4 Å². The second kappa shape index (κ2) is 7.37. The molecule has 0 radical (unpaired) electrons. The normalized spacial score (nSPS) is 11.8. The number of nitrogens with one attached hydrogen (secondary N) is 1. The van der Waals surface area contributed by atoms with E-state index in [9.17, 15) is 13.2 Å². The van der Waals surface area contributed by atoms with Crippen molar-refractivity contribution in [3.05, 3.63) is 20.8 Å². The van der Waals surface area contributed by atoms with Crippen molar-refractivity contribution in [2.24, 2.45) is 0 Å². The molecule has 0 atom stereocenters. The van der Waals surface area contributed by atoms with Crippen molar-refractivity contribution >= 4 is 43.2 Å². The quantitative estimate of drug-likeness (QED) is 0.747. The molecule has 0 spiro atoms. The minimum absolute atomic E-state index is 0.135. The molecule has 1 aromatic rings. The van der Waals surface area contributed by atoms with Gasteiger partial charge in [-0.25, -0.2) is 12.7 Å². The van der Waals surface area contributed by atoms with Crippen LogP contribution in [-0.4, -0.2) is 44.5 Å². The summed E-state index contributed by atoms with van der Waals surface area (Å²) in [7, 11) is -3.15. The third-order valence-electron chi connectivity index (χ3n) is 2.52. The van der Waals surface area contributed by atoms with Gasteiger partial charge in [0.2, 0.25) is 10.0 Å². The van der Waals surface area contributed by atoms with Crippen LogP contribution in [0.25, 0.3) is 0 Å². The molecule has 8 heteroatoms. The Morgan fingerprint density at radius 1 is 1.53 bits per heavy atom. The van der Waals surface area contributed by atoms with Crippen molar-refractivity contribution < 1.29 is 13.2 Å². The lowest BCUT2D eigenvalue weighted by Crippen LogP contribution is -2.33. The van der Waals surface area contributed by atoms with Gasteiger partial charge in [0.1, 0.15) is 0 Å². The highest BCUT2D eigenvalue weighted by Crippen LogP contribution is 2.20. The van der Waals surface area contributed by atoms with Crippen molar-refractivity contribution in [2.45, 2.75) is 13.3 Å². The SMILES string of the molecule is CCN(CCCNC(=O)c1csc(Br)c1)S(C)(=O)=O. The minimum Gasteiger partial charge on any atom is -0.352 e. The molecule has 0 aromatic carbocycles. The molecular weight excluding hydrogens is 352 g/mol. The zero-order valence-corrected chi connectivity index (χ0v) is 14.1. The van der Waals surface area contributed by atoms with Crippen LogP contribution in [0.2, 0.25) is 0 Å². The van der Waals surface area contributed by atoms with E-state index in [0.717, 1.165) is 3.79 Å². The first-order valence-electron chi connectivity index (χ1n) is 5.82. The summed E-state index contributed by atoms with van der Waals surface area (Å²) in [5.41, 5.74) is 0.618. The molecule has 0 bridgehead atoms. The number of amides is 1. The number of halogens is 1. The number of sulfonamides is 1. The first kappa shape index (κ1) is 16.6. The fourth-order valence-corrected chi connectivity index (χ4v) is 3.61. The van der Waals surface area contributed by atoms with Gasteiger partial charge in [0.15, 0.2) is 0 Å². The number of thiophene rings is 1. The molecule has 108 valence electrons. The summed E-state index contributed by atoms with van der Waals surface area (Å²) in [4.78, 5) is 11.7. The highest BCUT2D eigenvalue weighted by atomic mass is 79.9. The van der Waals surface area contributed by atoms with Crippen LogP contribution in [0.4, 0.5) is 0 Å². The Balaban J connectivity index is 2.33. The summed E-state index contributed by atoms with van der Waals surface area (Å²) in [5.74, 6) is -0.135. The Labute approximate surface area is 126 Å². The summed E-state index contributed by atoms with van der Waals surface area (Å²) < 4.78 is 25.0. The van der Waals surface area contributed by atoms with Crippen LogP contribution >= 0.6 is 27.3 Å². The predicted octanol–water partition coefficient (Wildman–Crippen LogP) is 1.91. The van der Waals surface area contributed by atoms with E-state index >= 15 is 0 Å². The van der Waals surface area contributed by atoms with Gasteiger partial charge in [0, 0.05) is 25.0 Å². The van der Waals surface area contributed by atoms with E-state index in [-0.39, 0.29) is 5.91 Å². The van der Waals surface area contributed by atoms with E-state index in [1.807, 2.05) is 0 Å². The second-order valence-corrected chi connectivity index (χ2v) is 8.28. The minimum atomic E-state index is -3.15. The van der Waals surface area contributed by atoms with Gasteiger partial charge in [-0.1, -0.05) is 6.92 Å². The number of hydrogen-bond acceptors (Lipinski definition) is 4. The fraction of sp³-hybridized carbons (Fsp3) is 0.545. The van der Waals surface area contributed by atoms with Crippen molar-refractivity contribution in [3.8, 4) is 0 Å². The maximum atomic E-state index is 11.7. The number of nitrogens with zero attached hydrogens (tertiary/aromatic N) is 1. The summed E-state index contributed by atoms with van der Waals surface area (Å²) >= 11 is 4.75. The number of carbonyl (C=O) groups is 1. The maximum Gasteiger partial charge on any atom is 0.252 e. The van der Waals surface area contributed by atoms with E-state index in [2.05, 4.69) is 21.2 Å². The number of hydrogen-bond donors (Lipinski definition) is 1. The topological polar surface area (TPSA) is 66.5 Å². The number of rotatable bonds is 7. The third-order valence-corrected chi connectivity index (χ3v) is 5.40. The molecule has 0 aliphatic carbocycles. The predicted molar refractivity (Wildman–Crippen MR) is 81.1 cm³/mol. The molecule has 5 nitrogen and oxygen atoms in total. The van der Waals surface area contributed by atoms with Gasteiger partial charge in [0.25, 0.3) is 5.91 Å². The summed E-state index contributed by atoms with van der Waals surface area (Å²) in [6.07, 6.45) is 1.79. The van der Waals surface area contributed by atoms with Gasteiger partial charge in [-0.2, -0.15) is 0 Å². The monoisotopic (exact) mass is 368 g/mol. The van der Waals surface area contributed by atoms with Crippen molar-refractivity contribution in [3.63, 3.8) is 0 Å². The summed E-state index contributed by atoms with van der Waals surface area (Å²) in [6.45, 7) is 3.12.